The maximum absolute atomic E-state index is 11.1. The lowest BCUT2D eigenvalue weighted by atomic mass is 9.92. The van der Waals surface area contributed by atoms with Gasteiger partial charge in [-0.1, -0.05) is 29.5 Å². The minimum absolute atomic E-state index is 0.0895. The first-order chi connectivity index (χ1) is 11.5. The van der Waals surface area contributed by atoms with Crippen molar-refractivity contribution in [3.05, 3.63) is 35.8 Å². The number of alkyl halides is 1. The van der Waals surface area contributed by atoms with Crippen LogP contribution in [0.3, 0.4) is 0 Å². The van der Waals surface area contributed by atoms with Gasteiger partial charge in [-0.05, 0) is 40.1 Å². The second-order valence-electron chi connectivity index (χ2n) is 5.15. The summed E-state index contributed by atoms with van der Waals surface area (Å²) in [5.41, 5.74) is 13.0. The summed E-state index contributed by atoms with van der Waals surface area (Å²) in [6, 6.07) is 2.09. The largest absolute Gasteiger partial charge is 0.390 e. The average molecular weight is 572 g/mol. The van der Waals surface area contributed by atoms with Gasteiger partial charge in [0.05, 0.1) is 19.0 Å². The Hall–Kier alpha value is -0.680. The summed E-state index contributed by atoms with van der Waals surface area (Å²) in [5.74, 6) is 0.717. The molecule has 2 aromatic heterocycles. The van der Waals surface area contributed by atoms with Crippen LogP contribution in [-0.4, -0.2) is 26.4 Å². The molecule has 0 aliphatic heterocycles. The van der Waals surface area contributed by atoms with Crippen LogP contribution in [0.4, 0.5) is 5.82 Å². The predicted molar refractivity (Wildman–Crippen MR) is 116 cm³/mol. The van der Waals surface area contributed by atoms with E-state index in [4.69, 9.17) is 11.5 Å². The highest BCUT2D eigenvalue weighted by Gasteiger charge is 2.21. The van der Waals surface area contributed by atoms with E-state index in [2.05, 4.69) is 72.1 Å². The van der Waals surface area contributed by atoms with E-state index in [1.807, 2.05) is 18.6 Å². The molecule has 2 heterocycles. The van der Waals surface area contributed by atoms with Crippen LogP contribution in [-0.2, 0) is 4.79 Å². The Morgan fingerprint density at radius 1 is 1.58 bits per heavy atom. The van der Waals surface area contributed by atoms with Gasteiger partial charge in [0.25, 0.3) is 0 Å². The van der Waals surface area contributed by atoms with Gasteiger partial charge in [0, 0.05) is 30.2 Å². The summed E-state index contributed by atoms with van der Waals surface area (Å²) in [6.07, 6.45) is 8.91. The van der Waals surface area contributed by atoms with Crippen molar-refractivity contribution in [2.24, 2.45) is 16.5 Å². The Balaban J connectivity index is 2.34. The third kappa shape index (κ3) is 4.48. The maximum atomic E-state index is 11.1. The molecule has 3 unspecified atom stereocenters. The van der Waals surface area contributed by atoms with Gasteiger partial charge in [-0.25, -0.2) is 4.99 Å². The summed E-state index contributed by atoms with van der Waals surface area (Å²) < 4.78 is 3.78. The minimum Gasteiger partial charge on any atom is -0.390 e. The quantitative estimate of drug-likeness (QED) is 0.167. The highest BCUT2D eigenvalue weighted by atomic mass is 127. The molecule has 0 radical (unpaired) electrons. The number of carbonyl (C=O) groups excluding carboxylic acids is 1. The fourth-order valence-corrected chi connectivity index (χ4v) is 4.87. The summed E-state index contributed by atoms with van der Waals surface area (Å²) in [4.78, 5) is 15.4. The van der Waals surface area contributed by atoms with Crippen LogP contribution >= 0.6 is 51.0 Å². The molecule has 0 saturated heterocycles. The molecule has 10 heteroatoms. The number of aliphatic imine (C=N–C) groups is 1. The van der Waals surface area contributed by atoms with E-state index in [0.29, 0.717) is 6.37 Å². The summed E-state index contributed by atoms with van der Waals surface area (Å²) in [6.45, 7) is 2.13. The number of nitrogens with zero attached hydrogens (tertiary/aromatic N) is 4. The van der Waals surface area contributed by atoms with Crippen LogP contribution in [0.5, 0.6) is 0 Å². The maximum Gasteiger partial charge on any atom is 0.220 e. The van der Waals surface area contributed by atoms with Gasteiger partial charge in [-0.2, -0.15) is 5.10 Å². The van der Waals surface area contributed by atoms with E-state index in [0.717, 1.165) is 23.4 Å². The third-order valence-corrected chi connectivity index (χ3v) is 6.75. The Kier molecular flexibility index (Phi) is 7.48. The number of primary amides is 1. The number of amides is 1. The predicted octanol–water partition coefficient (Wildman–Crippen LogP) is 3.45. The molecule has 0 fully saturated rings. The van der Waals surface area contributed by atoms with Gasteiger partial charge < -0.3 is 15.8 Å². The van der Waals surface area contributed by atoms with Crippen LogP contribution in [0.15, 0.2) is 29.6 Å². The van der Waals surface area contributed by atoms with Gasteiger partial charge in [0.1, 0.15) is 9.87 Å². The molecule has 2 aromatic rings. The highest BCUT2D eigenvalue weighted by Crippen LogP contribution is 2.40. The lowest BCUT2D eigenvalue weighted by molar-refractivity contribution is -0.118. The van der Waals surface area contributed by atoms with Gasteiger partial charge in [0.2, 0.25) is 5.91 Å². The van der Waals surface area contributed by atoms with E-state index < -0.39 is 0 Å². The highest BCUT2D eigenvalue weighted by molar-refractivity contribution is 14.2. The van der Waals surface area contributed by atoms with Crippen molar-refractivity contribution < 1.29 is 4.79 Å². The third-order valence-electron chi connectivity index (χ3n) is 3.64. The van der Waals surface area contributed by atoms with Crippen molar-refractivity contribution in [3.8, 4) is 0 Å². The molecule has 4 N–H and O–H groups in total. The van der Waals surface area contributed by atoms with E-state index in [-0.39, 0.29) is 22.3 Å². The van der Waals surface area contributed by atoms with Crippen LogP contribution in [0, 0.1) is 0 Å². The zero-order chi connectivity index (χ0) is 17.7. The number of nitrogens with two attached hydrogens (primary N) is 2. The molecule has 0 aromatic carbocycles. The number of rotatable bonds is 8. The van der Waals surface area contributed by atoms with Crippen molar-refractivity contribution in [2.75, 3.05) is 0 Å². The first-order valence-corrected chi connectivity index (χ1v) is 12.6. The summed E-state index contributed by atoms with van der Waals surface area (Å²) in [7, 11) is 0. The van der Waals surface area contributed by atoms with E-state index >= 15 is 0 Å². The molecular formula is C14H19I2N6OP. The van der Waals surface area contributed by atoms with E-state index in [1.165, 1.54) is 6.34 Å². The molecule has 0 saturated carbocycles. The van der Waals surface area contributed by atoms with Crippen LogP contribution in [0.25, 0.3) is 0 Å². The molecule has 7 nitrogen and oxygen atoms in total. The molecule has 0 aliphatic rings. The Morgan fingerprint density at radius 2 is 2.33 bits per heavy atom. The second-order valence-corrected chi connectivity index (χ2v) is 8.68. The van der Waals surface area contributed by atoms with E-state index in [1.54, 1.807) is 4.68 Å². The molecule has 24 heavy (non-hydrogen) atoms. The fraction of sp³-hybridized carbons (Fsp3) is 0.357. The van der Waals surface area contributed by atoms with Crippen LogP contribution in [0.2, 0.25) is 0 Å². The number of hydrogen-bond donors (Lipinski definition) is 2. The molecule has 130 valence electrons. The van der Waals surface area contributed by atoms with Crippen LogP contribution < -0.4 is 11.5 Å². The summed E-state index contributed by atoms with van der Waals surface area (Å²) >= 11 is 4.49. The molecule has 2 rings (SSSR count). The Bertz CT molecular complexity index is 729. The van der Waals surface area contributed by atoms with Crippen molar-refractivity contribution in [1.29, 1.82) is 0 Å². The molecule has 1 amide bonds. The SMILES string of the molecule is CCC(c1cnn(C(I)CC(N)=O)c1)c1ccn(PI)c1/N=C\N. The number of hydrogen-bond acceptors (Lipinski definition) is 3. The average Bonchev–Trinajstić information content (AvgIpc) is 3.16. The van der Waals surface area contributed by atoms with Crippen molar-refractivity contribution in [3.63, 3.8) is 0 Å². The first kappa shape index (κ1) is 19.6. The zero-order valence-corrected chi connectivity index (χ0v) is 18.4. The van der Waals surface area contributed by atoms with Gasteiger partial charge in [0.15, 0.2) is 0 Å². The van der Waals surface area contributed by atoms with Gasteiger partial charge in [-0.15, -0.1) is 0 Å². The number of carbonyl (C=O) groups is 1. The van der Waals surface area contributed by atoms with Crippen LogP contribution in [0.1, 0.15) is 40.9 Å². The molecular weight excluding hydrogens is 553 g/mol. The standard InChI is InChI=1S/C14H19I2N6OP/c1-2-10(11-3-4-22(24-16)14(11)19-8-17)9-6-20-21(7-9)12(15)5-13(18)23/h3-4,6-8,10,12,24H,2,5H2,1H3,(H2,17,19)(H2,18,23). The van der Waals surface area contributed by atoms with Crippen molar-refractivity contribution >= 4 is 69.1 Å². The molecule has 0 aliphatic carbocycles. The normalized spacial score (nSPS) is 14.6. The smallest absolute Gasteiger partial charge is 0.220 e. The lowest BCUT2D eigenvalue weighted by Gasteiger charge is -2.14. The fourth-order valence-electron chi connectivity index (χ4n) is 2.57. The second kappa shape index (κ2) is 9.14. The zero-order valence-electron chi connectivity index (χ0n) is 13.1. The Morgan fingerprint density at radius 3 is 2.92 bits per heavy atom. The first-order valence-electron chi connectivity index (χ1n) is 7.30. The van der Waals surface area contributed by atoms with Gasteiger partial charge in [-0.3, -0.25) is 9.48 Å². The van der Waals surface area contributed by atoms with Crippen molar-refractivity contribution in [2.45, 2.75) is 29.7 Å². The lowest BCUT2D eigenvalue weighted by Crippen LogP contribution is -2.16. The minimum atomic E-state index is -0.335. The van der Waals surface area contributed by atoms with Crippen molar-refractivity contribution in [1.82, 2.24) is 14.1 Å². The molecule has 3 atom stereocenters. The number of aromatic nitrogens is 3. The summed E-state index contributed by atoms with van der Waals surface area (Å²) in [5, 5.41) is 4.40. The Labute approximate surface area is 169 Å². The van der Waals surface area contributed by atoms with Gasteiger partial charge >= 0.3 is 0 Å². The number of halogens is 2. The monoisotopic (exact) mass is 572 g/mol. The topological polar surface area (TPSA) is 104 Å². The molecule has 0 bridgehead atoms. The molecule has 0 spiro atoms. The van der Waals surface area contributed by atoms with E-state index in [9.17, 15) is 4.79 Å².